The average molecular weight is 500 g/mol. The molecule has 7 heteroatoms. The standard InChI is InChI=1S/C20H28N4OS.HI/c1-20(2,17-7-6-12-26-17)14-23-19(21-3)22-13-15-8-10-16(11-9-15)18(25)24(4)5;/h6-12H,13-14H2,1-5H3,(H2,21,22,23);1H. The first-order valence-corrected chi connectivity index (χ1v) is 9.50. The Balaban J connectivity index is 0.00000364. The highest BCUT2D eigenvalue weighted by molar-refractivity contribution is 14.0. The Kier molecular flexibility index (Phi) is 9.25. The van der Waals surface area contributed by atoms with Crippen LogP contribution in [0.15, 0.2) is 46.8 Å². The zero-order chi connectivity index (χ0) is 19.2. The SMILES string of the molecule is CN=C(NCc1ccc(C(=O)N(C)C)cc1)NCC(C)(C)c1cccs1.I. The quantitative estimate of drug-likeness (QED) is 0.361. The van der Waals surface area contributed by atoms with E-state index in [1.807, 2.05) is 24.3 Å². The van der Waals surface area contributed by atoms with E-state index < -0.39 is 0 Å². The topological polar surface area (TPSA) is 56.7 Å². The van der Waals surface area contributed by atoms with Crippen LogP contribution in [0.3, 0.4) is 0 Å². The molecule has 0 aliphatic rings. The van der Waals surface area contributed by atoms with Crippen molar-refractivity contribution in [3.8, 4) is 0 Å². The minimum atomic E-state index is 0. The predicted molar refractivity (Wildman–Crippen MR) is 125 cm³/mol. The number of aliphatic imine (C=N–C) groups is 1. The van der Waals surface area contributed by atoms with Crippen molar-refractivity contribution in [3.05, 3.63) is 57.8 Å². The fraction of sp³-hybridized carbons (Fsp3) is 0.400. The van der Waals surface area contributed by atoms with Gasteiger partial charge in [0.25, 0.3) is 5.91 Å². The van der Waals surface area contributed by atoms with Crippen LogP contribution in [0.4, 0.5) is 0 Å². The van der Waals surface area contributed by atoms with Crippen molar-refractivity contribution in [2.75, 3.05) is 27.7 Å². The van der Waals surface area contributed by atoms with E-state index in [1.165, 1.54) is 4.88 Å². The van der Waals surface area contributed by atoms with Crippen LogP contribution < -0.4 is 10.6 Å². The fourth-order valence-electron chi connectivity index (χ4n) is 2.49. The largest absolute Gasteiger partial charge is 0.356 e. The molecular weight excluding hydrogens is 471 g/mol. The van der Waals surface area contributed by atoms with E-state index in [0.717, 1.165) is 18.1 Å². The summed E-state index contributed by atoms with van der Waals surface area (Å²) in [4.78, 5) is 19.1. The first-order valence-electron chi connectivity index (χ1n) is 8.62. The number of benzene rings is 1. The first-order chi connectivity index (χ1) is 12.3. The van der Waals surface area contributed by atoms with Gasteiger partial charge in [0.15, 0.2) is 5.96 Å². The Hall–Kier alpha value is -1.61. The number of carbonyl (C=O) groups is 1. The average Bonchev–Trinajstić information content (AvgIpc) is 3.17. The Bertz CT molecular complexity index is 740. The molecule has 1 heterocycles. The number of guanidine groups is 1. The molecule has 0 bridgehead atoms. The fourth-order valence-corrected chi connectivity index (χ4v) is 3.34. The van der Waals surface area contributed by atoms with Crippen LogP contribution in [-0.4, -0.2) is 44.5 Å². The summed E-state index contributed by atoms with van der Waals surface area (Å²) in [6, 6.07) is 11.9. The zero-order valence-electron chi connectivity index (χ0n) is 16.6. The lowest BCUT2D eigenvalue weighted by Crippen LogP contribution is -2.42. The molecular formula is C20H29IN4OS. The second-order valence-electron chi connectivity index (χ2n) is 7.04. The van der Waals surface area contributed by atoms with E-state index in [2.05, 4.69) is 47.0 Å². The molecule has 1 amide bonds. The van der Waals surface area contributed by atoms with Crippen LogP contribution >= 0.6 is 35.3 Å². The summed E-state index contributed by atoms with van der Waals surface area (Å²) in [5.74, 6) is 0.779. The highest BCUT2D eigenvalue weighted by Gasteiger charge is 2.21. The molecule has 0 saturated heterocycles. The molecule has 0 atom stereocenters. The van der Waals surface area contributed by atoms with Gasteiger partial charge in [0.05, 0.1) is 0 Å². The molecule has 148 valence electrons. The third-order valence-electron chi connectivity index (χ3n) is 4.18. The number of hydrogen-bond acceptors (Lipinski definition) is 3. The van der Waals surface area contributed by atoms with E-state index in [4.69, 9.17) is 0 Å². The molecule has 0 fully saturated rings. The van der Waals surface area contributed by atoms with Gasteiger partial charge < -0.3 is 15.5 Å². The molecule has 27 heavy (non-hydrogen) atoms. The van der Waals surface area contributed by atoms with Crippen molar-refractivity contribution in [2.24, 2.45) is 4.99 Å². The maximum atomic E-state index is 11.9. The van der Waals surface area contributed by atoms with Gasteiger partial charge in [-0.15, -0.1) is 35.3 Å². The number of rotatable bonds is 6. The minimum Gasteiger partial charge on any atom is -0.356 e. The van der Waals surface area contributed by atoms with Crippen LogP contribution in [-0.2, 0) is 12.0 Å². The van der Waals surface area contributed by atoms with Gasteiger partial charge in [-0.2, -0.15) is 0 Å². The third kappa shape index (κ3) is 6.80. The normalized spacial score (nSPS) is 11.5. The molecule has 0 unspecified atom stereocenters. The third-order valence-corrected chi connectivity index (χ3v) is 5.41. The summed E-state index contributed by atoms with van der Waals surface area (Å²) in [5, 5.41) is 8.83. The molecule has 0 aliphatic carbocycles. The van der Waals surface area contributed by atoms with Crippen LogP contribution in [0.2, 0.25) is 0 Å². The maximum Gasteiger partial charge on any atom is 0.253 e. The van der Waals surface area contributed by atoms with E-state index in [1.54, 1.807) is 37.4 Å². The second-order valence-corrected chi connectivity index (χ2v) is 7.98. The van der Waals surface area contributed by atoms with E-state index >= 15 is 0 Å². The number of nitrogens with one attached hydrogen (secondary N) is 2. The van der Waals surface area contributed by atoms with Gasteiger partial charge >= 0.3 is 0 Å². The van der Waals surface area contributed by atoms with Gasteiger partial charge in [-0.1, -0.05) is 32.0 Å². The molecule has 2 aromatic rings. The number of halogens is 1. The first kappa shape index (κ1) is 23.4. The highest BCUT2D eigenvalue weighted by Crippen LogP contribution is 2.26. The minimum absolute atomic E-state index is 0. The number of nitrogens with zero attached hydrogens (tertiary/aromatic N) is 2. The number of carbonyl (C=O) groups excluding carboxylic acids is 1. The molecule has 2 N–H and O–H groups in total. The van der Waals surface area contributed by atoms with Crippen molar-refractivity contribution in [2.45, 2.75) is 25.8 Å². The lowest BCUT2D eigenvalue weighted by atomic mass is 9.91. The van der Waals surface area contributed by atoms with Gasteiger partial charge in [-0.3, -0.25) is 9.79 Å². The summed E-state index contributed by atoms with van der Waals surface area (Å²) in [6.45, 7) is 5.89. The van der Waals surface area contributed by atoms with Gasteiger partial charge in [-0.25, -0.2) is 0 Å². The Morgan fingerprint density at radius 1 is 1.15 bits per heavy atom. The molecule has 1 aromatic carbocycles. The van der Waals surface area contributed by atoms with Crippen LogP contribution in [0, 0.1) is 0 Å². The van der Waals surface area contributed by atoms with E-state index in [9.17, 15) is 4.79 Å². The molecule has 0 saturated carbocycles. The molecule has 2 rings (SSSR count). The van der Waals surface area contributed by atoms with Crippen molar-refractivity contribution < 1.29 is 4.79 Å². The summed E-state index contributed by atoms with van der Waals surface area (Å²) in [7, 11) is 5.28. The lowest BCUT2D eigenvalue weighted by Gasteiger charge is -2.25. The summed E-state index contributed by atoms with van der Waals surface area (Å²) < 4.78 is 0. The number of hydrogen-bond donors (Lipinski definition) is 2. The Labute approximate surface area is 183 Å². The van der Waals surface area contributed by atoms with Crippen LogP contribution in [0.5, 0.6) is 0 Å². The van der Waals surface area contributed by atoms with Crippen molar-refractivity contribution in [3.63, 3.8) is 0 Å². The van der Waals surface area contributed by atoms with Crippen molar-refractivity contribution in [1.82, 2.24) is 15.5 Å². The smallest absolute Gasteiger partial charge is 0.253 e. The maximum absolute atomic E-state index is 11.9. The zero-order valence-corrected chi connectivity index (χ0v) is 19.7. The molecule has 0 radical (unpaired) electrons. The van der Waals surface area contributed by atoms with Crippen molar-refractivity contribution >= 4 is 47.2 Å². The van der Waals surface area contributed by atoms with Gasteiger partial charge in [0.1, 0.15) is 0 Å². The van der Waals surface area contributed by atoms with Crippen LogP contribution in [0.25, 0.3) is 0 Å². The number of thiophene rings is 1. The molecule has 1 aromatic heterocycles. The molecule has 0 aliphatic heterocycles. The second kappa shape index (κ2) is 10.7. The monoisotopic (exact) mass is 500 g/mol. The van der Waals surface area contributed by atoms with Gasteiger partial charge in [0, 0.05) is 50.1 Å². The molecule has 0 spiro atoms. The summed E-state index contributed by atoms with van der Waals surface area (Å²) in [6.07, 6.45) is 0. The van der Waals surface area contributed by atoms with Crippen LogP contribution in [0.1, 0.15) is 34.6 Å². The summed E-state index contributed by atoms with van der Waals surface area (Å²) in [5.41, 5.74) is 1.83. The number of amides is 1. The summed E-state index contributed by atoms with van der Waals surface area (Å²) >= 11 is 1.77. The lowest BCUT2D eigenvalue weighted by molar-refractivity contribution is 0.0827. The Morgan fingerprint density at radius 3 is 2.33 bits per heavy atom. The highest BCUT2D eigenvalue weighted by atomic mass is 127. The Morgan fingerprint density at radius 2 is 1.81 bits per heavy atom. The van der Waals surface area contributed by atoms with Crippen molar-refractivity contribution in [1.29, 1.82) is 0 Å². The predicted octanol–water partition coefficient (Wildman–Crippen LogP) is 3.71. The van der Waals surface area contributed by atoms with E-state index in [0.29, 0.717) is 12.1 Å². The van der Waals surface area contributed by atoms with Gasteiger partial charge in [-0.05, 0) is 29.1 Å². The van der Waals surface area contributed by atoms with E-state index in [-0.39, 0.29) is 35.3 Å². The molecule has 5 nitrogen and oxygen atoms in total. The van der Waals surface area contributed by atoms with Gasteiger partial charge in [0.2, 0.25) is 0 Å².